The van der Waals surface area contributed by atoms with Crippen molar-refractivity contribution in [2.45, 2.75) is 0 Å². The molecule has 0 fully saturated rings. The second-order valence-electron chi connectivity index (χ2n) is 2.16. The molecule has 0 aromatic heterocycles. The molecule has 0 aliphatic rings. The van der Waals surface area contributed by atoms with Gasteiger partial charge in [-0.1, -0.05) is 23.7 Å². The van der Waals surface area contributed by atoms with E-state index in [1.54, 1.807) is 12.1 Å². The average Bonchev–Trinajstić information content (AvgIpc) is 2.01. The molecule has 7 nitrogen and oxygen atoms in total. The van der Waals surface area contributed by atoms with E-state index in [0.717, 1.165) is 0 Å². The molecule has 0 amide bonds. The Labute approximate surface area is 90.0 Å². The SMILES string of the molecule is O=S(=O)(O)O.O=[N+]([O-])c1ccccc1Cl. The zero-order chi connectivity index (χ0) is 12.1. The third kappa shape index (κ3) is 7.82. The van der Waals surface area contributed by atoms with Gasteiger partial charge in [0.05, 0.1) is 4.92 Å². The van der Waals surface area contributed by atoms with Crippen molar-refractivity contribution < 1.29 is 22.4 Å². The topological polar surface area (TPSA) is 118 Å². The summed E-state index contributed by atoms with van der Waals surface area (Å²) in [6.07, 6.45) is 0. The molecule has 9 heteroatoms. The van der Waals surface area contributed by atoms with Crippen LogP contribution in [0.2, 0.25) is 5.02 Å². The van der Waals surface area contributed by atoms with Crippen LogP contribution in [0.5, 0.6) is 0 Å². The molecule has 0 spiro atoms. The maximum Gasteiger partial charge on any atom is 0.394 e. The fourth-order valence-electron chi connectivity index (χ4n) is 0.600. The first-order valence-corrected chi connectivity index (χ1v) is 5.08. The van der Waals surface area contributed by atoms with Crippen molar-refractivity contribution in [3.05, 3.63) is 39.4 Å². The Hall–Kier alpha value is -1.22. The zero-order valence-corrected chi connectivity index (χ0v) is 8.64. The van der Waals surface area contributed by atoms with Crippen molar-refractivity contribution in [2.75, 3.05) is 0 Å². The van der Waals surface area contributed by atoms with Gasteiger partial charge in [0, 0.05) is 6.07 Å². The lowest BCUT2D eigenvalue weighted by Gasteiger charge is -1.90. The average molecular weight is 256 g/mol. The Morgan fingerprint density at radius 3 is 1.93 bits per heavy atom. The number of halogens is 1. The smallest absolute Gasteiger partial charge is 0.264 e. The van der Waals surface area contributed by atoms with Crippen LogP contribution in [0, 0.1) is 10.1 Å². The van der Waals surface area contributed by atoms with Gasteiger partial charge in [-0.25, -0.2) is 0 Å². The summed E-state index contributed by atoms with van der Waals surface area (Å²) in [6, 6.07) is 6.07. The maximum atomic E-state index is 10.1. The molecule has 2 N–H and O–H groups in total. The number of hydrogen-bond donors (Lipinski definition) is 2. The first kappa shape index (κ1) is 13.8. The van der Waals surface area contributed by atoms with Gasteiger partial charge in [0.25, 0.3) is 5.69 Å². The van der Waals surface area contributed by atoms with Crippen LogP contribution in [0.25, 0.3) is 0 Å². The second kappa shape index (κ2) is 5.61. The summed E-state index contributed by atoms with van der Waals surface area (Å²) >= 11 is 5.48. The Morgan fingerprint density at radius 1 is 1.27 bits per heavy atom. The van der Waals surface area contributed by atoms with Gasteiger partial charge in [-0.3, -0.25) is 19.2 Å². The summed E-state index contributed by atoms with van der Waals surface area (Å²) in [5.74, 6) is 0. The molecule has 0 bridgehead atoms. The molecular weight excluding hydrogens is 250 g/mol. The molecule has 1 aromatic carbocycles. The van der Waals surface area contributed by atoms with Gasteiger partial charge in [0.2, 0.25) is 0 Å². The molecule has 0 radical (unpaired) electrons. The Bertz CT molecular complexity index is 437. The van der Waals surface area contributed by atoms with E-state index in [9.17, 15) is 10.1 Å². The van der Waals surface area contributed by atoms with E-state index in [1.165, 1.54) is 12.1 Å². The predicted molar refractivity (Wildman–Crippen MR) is 52.3 cm³/mol. The van der Waals surface area contributed by atoms with Crippen molar-refractivity contribution in [2.24, 2.45) is 0 Å². The van der Waals surface area contributed by atoms with Crippen LogP contribution in [0.4, 0.5) is 5.69 Å². The molecule has 0 aliphatic heterocycles. The normalized spacial score (nSPS) is 10.1. The van der Waals surface area contributed by atoms with Gasteiger partial charge in [-0.05, 0) is 6.07 Å². The zero-order valence-electron chi connectivity index (χ0n) is 7.07. The number of hydrogen-bond acceptors (Lipinski definition) is 4. The highest BCUT2D eigenvalue weighted by Gasteiger charge is 2.08. The second-order valence-corrected chi connectivity index (χ2v) is 3.46. The Kier molecular flexibility index (Phi) is 5.15. The highest BCUT2D eigenvalue weighted by atomic mass is 35.5. The Morgan fingerprint density at radius 2 is 1.67 bits per heavy atom. The summed E-state index contributed by atoms with van der Waals surface area (Å²) in [4.78, 5) is 9.63. The van der Waals surface area contributed by atoms with Crippen LogP contribution in [0.15, 0.2) is 24.3 Å². The van der Waals surface area contributed by atoms with Crippen molar-refractivity contribution in [3.8, 4) is 0 Å². The first-order chi connectivity index (χ1) is 6.72. The summed E-state index contributed by atoms with van der Waals surface area (Å²) in [7, 11) is -4.67. The van der Waals surface area contributed by atoms with Crippen molar-refractivity contribution in [3.63, 3.8) is 0 Å². The van der Waals surface area contributed by atoms with E-state index in [-0.39, 0.29) is 10.7 Å². The highest BCUT2D eigenvalue weighted by Crippen LogP contribution is 2.21. The van der Waals surface area contributed by atoms with Crippen LogP contribution in [0.3, 0.4) is 0 Å². The minimum atomic E-state index is -4.67. The first-order valence-electron chi connectivity index (χ1n) is 3.30. The molecule has 84 valence electrons. The third-order valence-electron chi connectivity index (χ3n) is 1.05. The van der Waals surface area contributed by atoms with Crippen LogP contribution >= 0.6 is 11.6 Å². The van der Waals surface area contributed by atoms with Gasteiger partial charge in [-0.15, -0.1) is 0 Å². The van der Waals surface area contributed by atoms with Gasteiger partial charge in [-0.2, -0.15) is 8.42 Å². The number of nitro groups is 1. The van der Waals surface area contributed by atoms with Gasteiger partial charge in [0.1, 0.15) is 5.02 Å². The summed E-state index contributed by atoms with van der Waals surface area (Å²) < 4.78 is 31.6. The summed E-state index contributed by atoms with van der Waals surface area (Å²) in [5, 5.41) is 10.3. The van der Waals surface area contributed by atoms with Crippen molar-refractivity contribution in [1.82, 2.24) is 0 Å². The lowest BCUT2D eigenvalue weighted by molar-refractivity contribution is -0.384. The fourth-order valence-corrected chi connectivity index (χ4v) is 0.805. The number of nitrogens with zero attached hydrogens (tertiary/aromatic N) is 1. The largest absolute Gasteiger partial charge is 0.394 e. The molecule has 1 rings (SSSR count). The van der Waals surface area contributed by atoms with E-state index in [0.29, 0.717) is 0 Å². The molecular formula is C6H6ClNO6S. The van der Waals surface area contributed by atoms with Crippen LogP contribution in [-0.2, 0) is 10.4 Å². The minimum absolute atomic E-state index is 0.0517. The van der Waals surface area contributed by atoms with Gasteiger partial charge < -0.3 is 0 Å². The summed E-state index contributed by atoms with van der Waals surface area (Å²) in [5.41, 5.74) is -0.0517. The van der Waals surface area contributed by atoms with Crippen molar-refractivity contribution in [1.29, 1.82) is 0 Å². The van der Waals surface area contributed by atoms with Crippen LogP contribution < -0.4 is 0 Å². The quantitative estimate of drug-likeness (QED) is 0.447. The molecule has 0 saturated carbocycles. The van der Waals surface area contributed by atoms with E-state index in [2.05, 4.69) is 0 Å². The monoisotopic (exact) mass is 255 g/mol. The lowest BCUT2D eigenvalue weighted by atomic mass is 10.3. The van der Waals surface area contributed by atoms with Crippen molar-refractivity contribution >= 4 is 27.7 Å². The molecule has 0 saturated heterocycles. The minimum Gasteiger partial charge on any atom is -0.264 e. The van der Waals surface area contributed by atoms with Crippen LogP contribution in [-0.4, -0.2) is 22.4 Å². The van der Waals surface area contributed by atoms with Gasteiger partial charge in [0.15, 0.2) is 0 Å². The fraction of sp³-hybridized carbons (Fsp3) is 0. The molecule has 0 atom stereocenters. The molecule has 0 heterocycles. The number of rotatable bonds is 1. The van der Waals surface area contributed by atoms with E-state index < -0.39 is 15.3 Å². The number of benzene rings is 1. The lowest BCUT2D eigenvalue weighted by Crippen LogP contribution is -1.89. The van der Waals surface area contributed by atoms with E-state index >= 15 is 0 Å². The van der Waals surface area contributed by atoms with Crippen LogP contribution in [0.1, 0.15) is 0 Å². The van der Waals surface area contributed by atoms with E-state index in [1.807, 2.05) is 0 Å². The third-order valence-corrected chi connectivity index (χ3v) is 1.37. The van der Waals surface area contributed by atoms with E-state index in [4.69, 9.17) is 29.1 Å². The standard InChI is InChI=1S/C6H4ClNO2.H2O4S/c7-5-3-1-2-4-6(5)8(9)10;1-5(2,3)4/h1-4H;(H2,1,2,3,4). The highest BCUT2D eigenvalue weighted by molar-refractivity contribution is 7.79. The molecule has 0 unspecified atom stereocenters. The molecule has 15 heavy (non-hydrogen) atoms. The molecule has 1 aromatic rings. The maximum absolute atomic E-state index is 10.1. The Balaban J connectivity index is 0.000000336. The number of para-hydroxylation sites is 1. The summed E-state index contributed by atoms with van der Waals surface area (Å²) in [6.45, 7) is 0. The molecule has 0 aliphatic carbocycles. The predicted octanol–water partition coefficient (Wildman–Crippen LogP) is 1.60. The van der Waals surface area contributed by atoms with Gasteiger partial charge >= 0.3 is 10.4 Å². The number of nitro benzene ring substituents is 1.